The van der Waals surface area contributed by atoms with Crippen LogP contribution in [0.2, 0.25) is 0 Å². The average Bonchev–Trinajstić information content (AvgIpc) is 3.16. The first-order chi connectivity index (χ1) is 11.5. The van der Waals surface area contributed by atoms with E-state index in [1.807, 2.05) is 18.2 Å². The molecular formula is C18H19NO5. The number of aliphatic carboxylic acids is 2. The molecule has 0 aliphatic heterocycles. The zero-order valence-corrected chi connectivity index (χ0v) is 13.0. The van der Waals surface area contributed by atoms with E-state index < -0.39 is 23.8 Å². The van der Waals surface area contributed by atoms with Crippen molar-refractivity contribution in [2.45, 2.75) is 12.8 Å². The fourth-order valence-electron chi connectivity index (χ4n) is 3.86. The maximum Gasteiger partial charge on any atom is 0.307 e. The number of nitrogens with zero attached hydrogens (tertiary/aromatic N) is 1. The van der Waals surface area contributed by atoms with Crippen molar-refractivity contribution in [1.29, 1.82) is 0 Å². The number of hydrogen-bond acceptors (Lipinski definition) is 3. The van der Waals surface area contributed by atoms with Crippen molar-refractivity contribution in [3.8, 4) is 0 Å². The molecule has 2 aliphatic carbocycles. The zero-order chi connectivity index (χ0) is 17.3. The number of para-hydroxylation sites is 1. The lowest BCUT2D eigenvalue weighted by Crippen LogP contribution is -2.44. The molecule has 2 bridgehead atoms. The molecule has 0 spiro atoms. The lowest BCUT2D eigenvalue weighted by molar-refractivity contribution is -0.147. The summed E-state index contributed by atoms with van der Waals surface area (Å²) in [5.74, 6) is -3.82. The van der Waals surface area contributed by atoms with Gasteiger partial charge in [-0.3, -0.25) is 14.4 Å². The second-order valence-corrected chi connectivity index (χ2v) is 6.31. The normalized spacial score (nSPS) is 27.2. The maximum atomic E-state index is 13.1. The lowest BCUT2D eigenvalue weighted by atomic mass is 9.82. The van der Waals surface area contributed by atoms with E-state index in [4.69, 9.17) is 5.11 Å². The molecule has 6 heteroatoms. The van der Waals surface area contributed by atoms with Gasteiger partial charge in [-0.1, -0.05) is 30.4 Å². The molecule has 1 amide bonds. The number of carboxylic acids is 2. The first-order valence-electron chi connectivity index (χ1n) is 7.98. The van der Waals surface area contributed by atoms with Crippen LogP contribution in [0.3, 0.4) is 0 Å². The number of carbonyl (C=O) groups is 3. The van der Waals surface area contributed by atoms with Crippen LogP contribution in [0.1, 0.15) is 12.8 Å². The smallest absolute Gasteiger partial charge is 0.307 e. The van der Waals surface area contributed by atoms with Crippen LogP contribution in [0.15, 0.2) is 42.5 Å². The molecule has 6 nitrogen and oxygen atoms in total. The van der Waals surface area contributed by atoms with Gasteiger partial charge in [0.1, 0.15) is 0 Å². The van der Waals surface area contributed by atoms with Gasteiger partial charge in [-0.15, -0.1) is 0 Å². The maximum absolute atomic E-state index is 13.1. The molecule has 1 fully saturated rings. The highest BCUT2D eigenvalue weighted by Crippen LogP contribution is 2.49. The largest absolute Gasteiger partial charge is 0.481 e. The van der Waals surface area contributed by atoms with E-state index in [2.05, 4.69) is 0 Å². The molecule has 1 aromatic rings. The van der Waals surface area contributed by atoms with Gasteiger partial charge in [-0.05, 0) is 30.4 Å². The zero-order valence-electron chi connectivity index (χ0n) is 13.0. The molecule has 2 aliphatic rings. The van der Waals surface area contributed by atoms with Gasteiger partial charge >= 0.3 is 11.9 Å². The van der Waals surface area contributed by atoms with Gasteiger partial charge in [0, 0.05) is 12.2 Å². The van der Waals surface area contributed by atoms with Gasteiger partial charge in [0.2, 0.25) is 5.91 Å². The summed E-state index contributed by atoms with van der Waals surface area (Å²) in [6, 6.07) is 8.82. The highest BCUT2D eigenvalue weighted by molar-refractivity contribution is 5.98. The molecule has 0 heterocycles. The number of fused-ring (bicyclic) bond motifs is 2. The number of hydrogen-bond donors (Lipinski definition) is 2. The van der Waals surface area contributed by atoms with Crippen molar-refractivity contribution in [1.82, 2.24) is 0 Å². The van der Waals surface area contributed by atoms with E-state index in [1.54, 1.807) is 24.3 Å². The Balaban J connectivity index is 1.89. The van der Waals surface area contributed by atoms with Gasteiger partial charge in [0.05, 0.1) is 18.3 Å². The van der Waals surface area contributed by atoms with Crippen LogP contribution in [0.4, 0.5) is 5.69 Å². The van der Waals surface area contributed by atoms with Gasteiger partial charge < -0.3 is 15.1 Å². The quantitative estimate of drug-likeness (QED) is 0.779. The number of rotatable bonds is 6. The standard InChI is InChI=1S/C18H19NO5/c20-14(21)8-9-19(13-4-2-1-3-5-13)17(22)15-11-6-7-12(10-11)16(15)18(23)24/h1-7,11-12,15-16H,8-10H2,(H,20,21)(H,23,24)/t11-,12+,15+,16-/m0/s1. The van der Waals surface area contributed by atoms with E-state index >= 15 is 0 Å². The minimum Gasteiger partial charge on any atom is -0.481 e. The molecule has 0 radical (unpaired) electrons. The van der Waals surface area contributed by atoms with Crippen molar-refractivity contribution >= 4 is 23.5 Å². The number of carbonyl (C=O) groups excluding carboxylic acids is 1. The van der Waals surface area contributed by atoms with Crippen LogP contribution in [-0.2, 0) is 14.4 Å². The van der Waals surface area contributed by atoms with Gasteiger partial charge in [-0.25, -0.2) is 0 Å². The fraction of sp³-hybridized carbons (Fsp3) is 0.389. The summed E-state index contributed by atoms with van der Waals surface area (Å²) in [4.78, 5) is 37.1. The second kappa shape index (κ2) is 6.47. The SMILES string of the molecule is O=C(O)CCN(C(=O)[C@H]1[C@@H](C(=O)O)[C@@H]2C=C[C@H]1C2)c1ccccc1. The molecule has 2 N–H and O–H groups in total. The Bertz CT molecular complexity index is 684. The second-order valence-electron chi connectivity index (χ2n) is 6.31. The molecule has 126 valence electrons. The molecule has 1 aromatic carbocycles. The molecule has 24 heavy (non-hydrogen) atoms. The fourth-order valence-corrected chi connectivity index (χ4v) is 3.86. The van der Waals surface area contributed by atoms with Gasteiger partial charge in [0.25, 0.3) is 0 Å². The minimum atomic E-state index is -0.994. The summed E-state index contributed by atoms with van der Waals surface area (Å²) in [7, 11) is 0. The summed E-state index contributed by atoms with van der Waals surface area (Å²) in [5.41, 5.74) is 0.597. The Hall–Kier alpha value is -2.63. The molecule has 0 aromatic heterocycles. The van der Waals surface area contributed by atoms with Crippen LogP contribution in [-0.4, -0.2) is 34.6 Å². The number of benzene rings is 1. The van der Waals surface area contributed by atoms with Crippen LogP contribution in [0, 0.1) is 23.7 Å². The third kappa shape index (κ3) is 2.91. The van der Waals surface area contributed by atoms with E-state index in [9.17, 15) is 19.5 Å². The number of anilines is 1. The molecule has 3 rings (SSSR count). The Morgan fingerprint density at radius 1 is 1.00 bits per heavy atom. The minimum absolute atomic E-state index is 0.0299. The summed E-state index contributed by atoms with van der Waals surface area (Å²) in [5, 5.41) is 18.5. The van der Waals surface area contributed by atoms with E-state index in [-0.39, 0.29) is 30.7 Å². The topological polar surface area (TPSA) is 94.9 Å². The average molecular weight is 329 g/mol. The van der Waals surface area contributed by atoms with Crippen molar-refractivity contribution in [3.05, 3.63) is 42.5 Å². The summed E-state index contributed by atoms with van der Waals surface area (Å²) in [6.45, 7) is 0.0299. The van der Waals surface area contributed by atoms with Crippen molar-refractivity contribution in [2.75, 3.05) is 11.4 Å². The Labute approximate surface area is 139 Å². The third-order valence-electron chi connectivity index (χ3n) is 4.91. The Morgan fingerprint density at radius 3 is 2.21 bits per heavy atom. The van der Waals surface area contributed by atoms with Crippen LogP contribution >= 0.6 is 0 Å². The Morgan fingerprint density at radius 2 is 1.62 bits per heavy atom. The number of amides is 1. The first kappa shape index (κ1) is 16.2. The monoisotopic (exact) mass is 329 g/mol. The predicted octanol–water partition coefficient (Wildman–Crippen LogP) is 2.02. The van der Waals surface area contributed by atoms with Crippen molar-refractivity contribution in [2.24, 2.45) is 23.7 Å². The Kier molecular flexibility index (Phi) is 4.38. The lowest BCUT2D eigenvalue weighted by Gasteiger charge is -2.30. The van der Waals surface area contributed by atoms with Crippen molar-refractivity contribution in [3.63, 3.8) is 0 Å². The summed E-state index contributed by atoms with van der Waals surface area (Å²) >= 11 is 0. The highest BCUT2D eigenvalue weighted by atomic mass is 16.4. The summed E-state index contributed by atoms with van der Waals surface area (Å²) < 4.78 is 0. The molecule has 4 atom stereocenters. The van der Waals surface area contributed by atoms with E-state index in [1.165, 1.54) is 4.90 Å². The van der Waals surface area contributed by atoms with Crippen LogP contribution < -0.4 is 4.90 Å². The molecule has 0 saturated heterocycles. The van der Waals surface area contributed by atoms with Crippen LogP contribution in [0.25, 0.3) is 0 Å². The molecule has 1 saturated carbocycles. The van der Waals surface area contributed by atoms with E-state index in [0.29, 0.717) is 12.1 Å². The van der Waals surface area contributed by atoms with E-state index in [0.717, 1.165) is 0 Å². The molecule has 0 unspecified atom stereocenters. The summed E-state index contributed by atoms with van der Waals surface area (Å²) in [6.07, 6.45) is 4.30. The van der Waals surface area contributed by atoms with Gasteiger partial charge in [0.15, 0.2) is 0 Å². The van der Waals surface area contributed by atoms with Crippen LogP contribution in [0.5, 0.6) is 0 Å². The first-order valence-corrected chi connectivity index (χ1v) is 7.98. The molecular weight excluding hydrogens is 310 g/mol. The predicted molar refractivity (Wildman–Crippen MR) is 86.4 cm³/mol. The third-order valence-corrected chi connectivity index (χ3v) is 4.91. The number of carboxylic acid groups (broad SMARTS) is 2. The number of allylic oxidation sites excluding steroid dienone is 2. The van der Waals surface area contributed by atoms with Gasteiger partial charge in [-0.2, -0.15) is 0 Å². The highest BCUT2D eigenvalue weighted by Gasteiger charge is 2.52. The van der Waals surface area contributed by atoms with Crippen molar-refractivity contribution < 1.29 is 24.6 Å².